The van der Waals surface area contributed by atoms with Crippen LogP contribution >= 0.6 is 0 Å². The molecule has 0 aliphatic heterocycles. The Bertz CT molecular complexity index is 388. The van der Waals surface area contributed by atoms with Crippen LogP contribution in [0, 0.1) is 0 Å². The smallest absolute Gasteiger partial charge is 0.270 e. The predicted molar refractivity (Wildman–Crippen MR) is 72.6 cm³/mol. The van der Waals surface area contributed by atoms with Crippen LogP contribution in [0.4, 0.5) is 5.69 Å². The Hall–Kier alpha value is -1.49. The molecule has 0 saturated carbocycles. The van der Waals surface area contributed by atoms with Gasteiger partial charge in [-0.05, 0) is 26.8 Å². The number of amides is 1. The minimum absolute atomic E-state index is 0.00996. The number of rotatable bonds is 7. The molecule has 5 nitrogen and oxygen atoms in total. The zero-order valence-corrected chi connectivity index (χ0v) is 11.5. The highest BCUT2D eigenvalue weighted by Gasteiger charge is 2.18. The Morgan fingerprint density at radius 1 is 1.44 bits per heavy atom. The van der Waals surface area contributed by atoms with E-state index in [0.717, 1.165) is 6.54 Å². The number of nitrogens with two attached hydrogens (primary N) is 1. The highest BCUT2D eigenvalue weighted by Crippen LogP contribution is 2.13. The number of aromatic nitrogens is 1. The van der Waals surface area contributed by atoms with E-state index in [1.807, 2.05) is 25.3 Å². The van der Waals surface area contributed by atoms with Gasteiger partial charge in [-0.3, -0.25) is 4.79 Å². The van der Waals surface area contributed by atoms with E-state index in [-0.39, 0.29) is 5.91 Å². The third-order valence-electron chi connectivity index (χ3n) is 2.86. The fourth-order valence-corrected chi connectivity index (χ4v) is 1.86. The Labute approximate surface area is 109 Å². The van der Waals surface area contributed by atoms with Gasteiger partial charge in [0, 0.05) is 32.4 Å². The number of nitrogens with zero attached hydrogens (tertiary/aromatic N) is 2. The largest absolute Gasteiger partial charge is 0.397 e. The molecule has 0 radical (unpaired) electrons. The molecule has 102 valence electrons. The van der Waals surface area contributed by atoms with Crippen molar-refractivity contribution in [1.82, 2.24) is 9.47 Å². The van der Waals surface area contributed by atoms with Crippen LogP contribution in [0.2, 0.25) is 0 Å². The highest BCUT2D eigenvalue weighted by atomic mass is 16.5. The minimum atomic E-state index is 0.00996. The first-order valence-electron chi connectivity index (χ1n) is 6.46. The molecular weight excluding hydrogens is 230 g/mol. The summed E-state index contributed by atoms with van der Waals surface area (Å²) in [5, 5.41) is 0. The third kappa shape index (κ3) is 3.50. The molecule has 1 aromatic heterocycles. The fourth-order valence-electron chi connectivity index (χ4n) is 1.86. The Kier molecular flexibility index (Phi) is 5.71. The number of likely N-dealkylation sites (N-methyl/N-ethyl adjacent to an activating group) is 1. The van der Waals surface area contributed by atoms with Crippen LogP contribution in [-0.2, 0) is 11.3 Å². The summed E-state index contributed by atoms with van der Waals surface area (Å²) in [6.07, 6.45) is 1.80. The summed E-state index contributed by atoms with van der Waals surface area (Å²) in [4.78, 5) is 14.1. The topological polar surface area (TPSA) is 60.5 Å². The monoisotopic (exact) mass is 253 g/mol. The van der Waals surface area contributed by atoms with Gasteiger partial charge < -0.3 is 19.9 Å². The van der Waals surface area contributed by atoms with Gasteiger partial charge in [0.2, 0.25) is 0 Å². The van der Waals surface area contributed by atoms with E-state index in [2.05, 4.69) is 0 Å². The number of ether oxygens (including phenoxy) is 1. The maximum absolute atomic E-state index is 12.4. The second-order valence-corrected chi connectivity index (χ2v) is 4.03. The van der Waals surface area contributed by atoms with Crippen LogP contribution in [0.15, 0.2) is 12.3 Å². The van der Waals surface area contributed by atoms with Crippen LogP contribution in [0.5, 0.6) is 0 Å². The van der Waals surface area contributed by atoms with Gasteiger partial charge in [0.1, 0.15) is 5.69 Å². The Balaban J connectivity index is 2.76. The van der Waals surface area contributed by atoms with Gasteiger partial charge in [-0.1, -0.05) is 0 Å². The molecule has 5 heteroatoms. The number of carbonyl (C=O) groups is 1. The lowest BCUT2D eigenvalue weighted by atomic mass is 10.3. The summed E-state index contributed by atoms with van der Waals surface area (Å²) in [5.41, 5.74) is 7.01. The SMILES string of the molecule is CCOCCN(CC)C(=O)c1cc(N)cn1CC. The summed E-state index contributed by atoms with van der Waals surface area (Å²) in [7, 11) is 0. The van der Waals surface area contributed by atoms with Crippen molar-refractivity contribution < 1.29 is 9.53 Å². The van der Waals surface area contributed by atoms with Crippen molar-refractivity contribution in [2.75, 3.05) is 32.0 Å². The number of anilines is 1. The molecule has 0 aliphatic carbocycles. The average Bonchev–Trinajstić information content (AvgIpc) is 2.75. The number of aryl methyl sites for hydroxylation is 1. The van der Waals surface area contributed by atoms with Gasteiger partial charge in [0.05, 0.1) is 12.3 Å². The van der Waals surface area contributed by atoms with Crippen molar-refractivity contribution >= 4 is 11.6 Å². The summed E-state index contributed by atoms with van der Waals surface area (Å²) in [6, 6.07) is 1.73. The van der Waals surface area contributed by atoms with Crippen LogP contribution < -0.4 is 5.73 Å². The normalized spacial score (nSPS) is 10.6. The van der Waals surface area contributed by atoms with Crippen molar-refractivity contribution in [2.45, 2.75) is 27.3 Å². The highest BCUT2D eigenvalue weighted by molar-refractivity contribution is 5.93. The molecule has 1 amide bonds. The van der Waals surface area contributed by atoms with Gasteiger partial charge in [-0.15, -0.1) is 0 Å². The molecule has 0 aliphatic rings. The van der Waals surface area contributed by atoms with E-state index in [9.17, 15) is 4.79 Å². The molecule has 0 fully saturated rings. The van der Waals surface area contributed by atoms with E-state index in [0.29, 0.717) is 37.7 Å². The Morgan fingerprint density at radius 3 is 2.72 bits per heavy atom. The number of hydrogen-bond donors (Lipinski definition) is 1. The lowest BCUT2D eigenvalue weighted by molar-refractivity contribution is 0.0659. The van der Waals surface area contributed by atoms with Crippen LogP contribution in [-0.4, -0.2) is 41.7 Å². The first-order valence-corrected chi connectivity index (χ1v) is 6.46. The summed E-state index contributed by atoms with van der Waals surface area (Å²) >= 11 is 0. The minimum Gasteiger partial charge on any atom is -0.397 e. The van der Waals surface area contributed by atoms with Crippen molar-refractivity contribution in [3.8, 4) is 0 Å². The molecule has 18 heavy (non-hydrogen) atoms. The van der Waals surface area contributed by atoms with Gasteiger partial charge in [0.25, 0.3) is 5.91 Å². The van der Waals surface area contributed by atoms with Gasteiger partial charge in [-0.2, -0.15) is 0 Å². The van der Waals surface area contributed by atoms with Crippen molar-refractivity contribution in [3.63, 3.8) is 0 Å². The van der Waals surface area contributed by atoms with Crippen LogP contribution in [0.3, 0.4) is 0 Å². The van der Waals surface area contributed by atoms with Crippen molar-refractivity contribution in [1.29, 1.82) is 0 Å². The molecule has 2 N–H and O–H groups in total. The average molecular weight is 253 g/mol. The summed E-state index contributed by atoms with van der Waals surface area (Å²) in [6.45, 7) is 9.16. The van der Waals surface area contributed by atoms with E-state index in [4.69, 9.17) is 10.5 Å². The second-order valence-electron chi connectivity index (χ2n) is 4.03. The molecule has 0 saturated heterocycles. The lowest BCUT2D eigenvalue weighted by Crippen LogP contribution is -2.35. The maximum atomic E-state index is 12.4. The van der Waals surface area contributed by atoms with E-state index >= 15 is 0 Å². The first-order chi connectivity index (χ1) is 8.63. The van der Waals surface area contributed by atoms with Gasteiger partial charge in [-0.25, -0.2) is 0 Å². The van der Waals surface area contributed by atoms with Gasteiger partial charge >= 0.3 is 0 Å². The summed E-state index contributed by atoms with van der Waals surface area (Å²) in [5.74, 6) is 0.00996. The maximum Gasteiger partial charge on any atom is 0.270 e. The fraction of sp³-hybridized carbons (Fsp3) is 0.615. The molecule has 0 bridgehead atoms. The Morgan fingerprint density at radius 2 is 2.17 bits per heavy atom. The van der Waals surface area contributed by atoms with E-state index in [1.165, 1.54) is 0 Å². The van der Waals surface area contributed by atoms with E-state index in [1.54, 1.807) is 17.2 Å². The number of carbonyl (C=O) groups excluding carboxylic acids is 1. The second kappa shape index (κ2) is 7.06. The standard InChI is InChI=1S/C13H23N3O2/c1-4-15(7-8-18-6-3)13(17)12-9-11(14)10-16(12)5-2/h9-10H,4-8,14H2,1-3H3. The molecule has 0 aromatic carbocycles. The lowest BCUT2D eigenvalue weighted by Gasteiger charge is -2.21. The van der Waals surface area contributed by atoms with Crippen molar-refractivity contribution in [3.05, 3.63) is 18.0 Å². The van der Waals surface area contributed by atoms with Crippen LogP contribution in [0.1, 0.15) is 31.3 Å². The molecule has 0 spiro atoms. The molecule has 0 atom stereocenters. The molecule has 1 aromatic rings. The number of hydrogen-bond acceptors (Lipinski definition) is 3. The molecule has 1 rings (SSSR count). The quantitative estimate of drug-likeness (QED) is 0.751. The predicted octanol–water partition coefficient (Wildman–Crippen LogP) is 1.59. The third-order valence-corrected chi connectivity index (χ3v) is 2.86. The molecule has 1 heterocycles. The van der Waals surface area contributed by atoms with Gasteiger partial charge in [0.15, 0.2) is 0 Å². The van der Waals surface area contributed by atoms with E-state index < -0.39 is 0 Å². The molecule has 0 unspecified atom stereocenters. The van der Waals surface area contributed by atoms with Crippen LogP contribution in [0.25, 0.3) is 0 Å². The number of nitrogen functional groups attached to an aromatic ring is 1. The van der Waals surface area contributed by atoms with Crippen molar-refractivity contribution in [2.24, 2.45) is 0 Å². The molecular formula is C13H23N3O2. The zero-order chi connectivity index (χ0) is 13.5. The first kappa shape index (κ1) is 14.6. The summed E-state index contributed by atoms with van der Waals surface area (Å²) < 4.78 is 7.16. The zero-order valence-electron chi connectivity index (χ0n) is 11.5.